The summed E-state index contributed by atoms with van der Waals surface area (Å²) in [6.07, 6.45) is 1.51. The van der Waals surface area contributed by atoms with Crippen molar-refractivity contribution < 1.29 is 14.5 Å². The lowest BCUT2D eigenvalue weighted by Gasteiger charge is -2.23. The first kappa shape index (κ1) is 17.2. The molecule has 1 heterocycles. The number of nitrogens with one attached hydrogen (secondary N) is 1. The molecule has 0 aliphatic carbocycles. The first-order chi connectivity index (χ1) is 10.5. The lowest BCUT2D eigenvalue weighted by molar-refractivity contribution is -0.691. The van der Waals surface area contributed by atoms with E-state index in [0.717, 1.165) is 6.42 Å². The molecule has 0 bridgehead atoms. The first-order valence-electron chi connectivity index (χ1n) is 6.75. The van der Waals surface area contributed by atoms with Crippen LogP contribution in [0.4, 0.5) is 0 Å². The van der Waals surface area contributed by atoms with Gasteiger partial charge in [0.25, 0.3) is 9.70 Å². The first-order valence-corrected chi connectivity index (χ1v) is 7.88. The minimum Gasteiger partial charge on any atom is -0.459 e. The van der Waals surface area contributed by atoms with Gasteiger partial charge in [-0.1, -0.05) is 65.1 Å². The number of benzene rings is 1. The number of rotatable bonds is 6. The van der Waals surface area contributed by atoms with Crippen LogP contribution in [-0.2, 0) is 6.42 Å². The molecule has 0 fully saturated rings. The smallest absolute Gasteiger partial charge is 0.291 e. The van der Waals surface area contributed by atoms with Crippen molar-refractivity contribution in [3.8, 4) is 0 Å². The zero-order chi connectivity index (χ0) is 16.0. The highest BCUT2D eigenvalue weighted by atomic mass is 35.6. The van der Waals surface area contributed by atoms with Crippen molar-refractivity contribution >= 4 is 40.7 Å². The molecule has 7 heteroatoms. The third-order valence-electron chi connectivity index (χ3n) is 3.06. The third-order valence-corrected chi connectivity index (χ3v) is 3.77. The molecule has 0 saturated heterocycles. The fraction of sp³-hybridized carbons (Fsp3) is 0.267. The number of quaternary nitrogens is 1. The second-order valence-corrected chi connectivity index (χ2v) is 7.10. The van der Waals surface area contributed by atoms with E-state index in [4.69, 9.17) is 39.2 Å². The van der Waals surface area contributed by atoms with Crippen LogP contribution in [0.3, 0.4) is 0 Å². The van der Waals surface area contributed by atoms with Crippen LogP contribution in [0.5, 0.6) is 0 Å². The molecule has 0 aliphatic rings. The van der Waals surface area contributed by atoms with Crippen LogP contribution < -0.4 is 10.6 Å². The van der Waals surface area contributed by atoms with E-state index in [0.29, 0.717) is 6.54 Å². The Morgan fingerprint density at radius 1 is 1.18 bits per heavy atom. The van der Waals surface area contributed by atoms with Gasteiger partial charge in [0.1, 0.15) is 0 Å². The molecular weight excluding hydrogens is 347 g/mol. The molecule has 2 rings (SSSR count). The number of hydrogen-bond acceptors (Lipinski definition) is 2. The minimum absolute atomic E-state index is 0.177. The Labute approximate surface area is 143 Å². The van der Waals surface area contributed by atoms with E-state index in [1.165, 1.54) is 11.8 Å². The summed E-state index contributed by atoms with van der Waals surface area (Å²) in [6.45, 7) is 0.668. The average molecular weight is 363 g/mol. The van der Waals surface area contributed by atoms with E-state index in [9.17, 15) is 4.79 Å². The molecule has 1 amide bonds. The van der Waals surface area contributed by atoms with Crippen molar-refractivity contribution in [2.24, 2.45) is 0 Å². The van der Waals surface area contributed by atoms with Crippen molar-refractivity contribution in [3.05, 3.63) is 60.1 Å². The lowest BCUT2D eigenvalue weighted by Crippen LogP contribution is -2.96. The molecule has 118 valence electrons. The highest BCUT2D eigenvalue weighted by molar-refractivity contribution is 6.68. The maximum atomic E-state index is 12.0. The molecule has 1 aromatic heterocycles. The molecule has 2 aromatic rings. The second kappa shape index (κ2) is 7.88. The predicted molar refractivity (Wildman–Crippen MR) is 87.2 cm³/mol. The van der Waals surface area contributed by atoms with Crippen molar-refractivity contribution in [1.29, 1.82) is 0 Å². The summed E-state index contributed by atoms with van der Waals surface area (Å²) in [7, 11) is 0. The van der Waals surface area contributed by atoms with Crippen LogP contribution in [0.1, 0.15) is 16.1 Å². The summed E-state index contributed by atoms with van der Waals surface area (Å²) in [5, 5.41) is 4.45. The molecular formula is C15H16Cl3N2O2+. The van der Waals surface area contributed by atoms with Crippen LogP contribution in [0.25, 0.3) is 0 Å². The number of nitrogens with two attached hydrogens (primary N) is 1. The average Bonchev–Trinajstić information content (AvgIpc) is 3.00. The summed E-state index contributed by atoms with van der Waals surface area (Å²) >= 11 is 17.8. The van der Waals surface area contributed by atoms with Crippen molar-refractivity contribution in [1.82, 2.24) is 5.32 Å². The molecule has 1 aromatic carbocycles. The van der Waals surface area contributed by atoms with E-state index < -0.39 is 15.9 Å². The van der Waals surface area contributed by atoms with Crippen LogP contribution >= 0.6 is 34.8 Å². The Balaban J connectivity index is 1.91. The Morgan fingerprint density at radius 2 is 1.91 bits per heavy atom. The highest BCUT2D eigenvalue weighted by Crippen LogP contribution is 2.27. The quantitative estimate of drug-likeness (QED) is 0.613. The molecule has 0 aliphatic heterocycles. The van der Waals surface area contributed by atoms with Gasteiger partial charge in [0.2, 0.25) is 6.17 Å². The van der Waals surface area contributed by atoms with Crippen LogP contribution in [0.2, 0.25) is 0 Å². The van der Waals surface area contributed by atoms with Gasteiger partial charge in [-0.15, -0.1) is 0 Å². The molecule has 0 saturated carbocycles. The van der Waals surface area contributed by atoms with E-state index in [1.807, 2.05) is 30.3 Å². The number of halogens is 3. The normalized spacial score (nSPS) is 12.9. The number of hydrogen-bond donors (Lipinski definition) is 2. The van der Waals surface area contributed by atoms with Crippen LogP contribution in [-0.4, -0.2) is 22.4 Å². The highest BCUT2D eigenvalue weighted by Gasteiger charge is 2.37. The van der Waals surface area contributed by atoms with Crippen LogP contribution in [0, 0.1) is 0 Å². The van der Waals surface area contributed by atoms with Gasteiger partial charge in [-0.05, 0) is 17.7 Å². The number of amides is 1. The summed E-state index contributed by atoms with van der Waals surface area (Å²) in [4.78, 5) is 12.0. The van der Waals surface area contributed by atoms with Crippen molar-refractivity contribution in [3.63, 3.8) is 0 Å². The summed E-state index contributed by atoms with van der Waals surface area (Å²) < 4.78 is 3.40. The number of alkyl halides is 3. The fourth-order valence-corrected chi connectivity index (χ4v) is 2.39. The maximum Gasteiger partial charge on any atom is 0.291 e. The van der Waals surface area contributed by atoms with E-state index in [2.05, 4.69) is 5.32 Å². The number of furan rings is 1. The van der Waals surface area contributed by atoms with Gasteiger partial charge in [-0.2, -0.15) is 0 Å². The van der Waals surface area contributed by atoms with E-state index in [1.54, 1.807) is 17.4 Å². The zero-order valence-corrected chi connectivity index (χ0v) is 13.9. The standard InChI is InChI=1S/C15H15Cl3N2O2/c16-15(17,18)14(20-13(21)12-7-4-10-22-12)19-9-8-11-5-2-1-3-6-11/h1-7,10,14,19H,8-9H2,(H,20,21)/p+1/t14-/m0/s1. The van der Waals surface area contributed by atoms with Crippen LogP contribution in [0.15, 0.2) is 53.1 Å². The molecule has 0 unspecified atom stereocenters. The Morgan fingerprint density at radius 3 is 2.50 bits per heavy atom. The summed E-state index contributed by atoms with van der Waals surface area (Å²) in [5.41, 5.74) is 1.18. The van der Waals surface area contributed by atoms with Gasteiger partial charge in [0, 0.05) is 6.42 Å². The van der Waals surface area contributed by atoms with Gasteiger partial charge in [-0.25, -0.2) is 0 Å². The Kier molecular flexibility index (Phi) is 6.15. The van der Waals surface area contributed by atoms with E-state index in [-0.39, 0.29) is 5.76 Å². The van der Waals surface area contributed by atoms with Crippen molar-refractivity contribution in [2.75, 3.05) is 6.54 Å². The fourth-order valence-electron chi connectivity index (χ4n) is 1.96. The molecule has 3 N–H and O–H groups in total. The molecule has 22 heavy (non-hydrogen) atoms. The van der Waals surface area contributed by atoms with Gasteiger partial charge in [0.15, 0.2) is 5.76 Å². The molecule has 0 spiro atoms. The van der Waals surface area contributed by atoms with Crippen molar-refractivity contribution in [2.45, 2.75) is 16.4 Å². The predicted octanol–water partition coefficient (Wildman–Crippen LogP) is 2.51. The summed E-state index contributed by atoms with van der Waals surface area (Å²) in [6, 6.07) is 13.1. The minimum atomic E-state index is -1.63. The second-order valence-electron chi connectivity index (χ2n) is 4.73. The van der Waals surface area contributed by atoms with Gasteiger partial charge < -0.3 is 9.73 Å². The maximum absolute atomic E-state index is 12.0. The molecule has 0 radical (unpaired) electrons. The van der Waals surface area contributed by atoms with Gasteiger partial charge >= 0.3 is 0 Å². The lowest BCUT2D eigenvalue weighted by atomic mass is 10.1. The molecule has 1 atom stereocenters. The van der Waals surface area contributed by atoms with Gasteiger partial charge in [-0.3, -0.25) is 10.1 Å². The zero-order valence-electron chi connectivity index (χ0n) is 11.6. The number of carbonyl (C=O) groups is 1. The Bertz CT molecular complexity index is 583. The molecule has 4 nitrogen and oxygen atoms in total. The number of carbonyl (C=O) groups excluding carboxylic acids is 1. The topological polar surface area (TPSA) is 58.9 Å². The largest absolute Gasteiger partial charge is 0.459 e. The summed E-state index contributed by atoms with van der Waals surface area (Å²) in [5.74, 6) is -0.243. The Hall–Kier alpha value is -1.20. The SMILES string of the molecule is O=C(N[C@H]([NH2+]CCc1ccccc1)C(Cl)(Cl)Cl)c1ccco1. The van der Waals surface area contributed by atoms with E-state index >= 15 is 0 Å². The van der Waals surface area contributed by atoms with Gasteiger partial charge in [0.05, 0.1) is 12.8 Å². The monoisotopic (exact) mass is 361 g/mol. The third kappa shape index (κ3) is 5.21.